The minimum Gasteiger partial charge on any atom is -0.302 e. The van der Waals surface area contributed by atoms with Crippen molar-refractivity contribution in [1.29, 1.82) is 0 Å². The summed E-state index contributed by atoms with van der Waals surface area (Å²) in [5.41, 5.74) is 11.0. The van der Waals surface area contributed by atoms with Gasteiger partial charge in [0.15, 0.2) is 0 Å². The molecule has 2 aromatic carbocycles. The van der Waals surface area contributed by atoms with E-state index < -0.39 is 0 Å². The predicted octanol–water partition coefficient (Wildman–Crippen LogP) is 4.82. The van der Waals surface area contributed by atoms with Crippen molar-refractivity contribution < 1.29 is 0 Å². The number of allylic oxidation sites excluding steroid dienone is 4. The number of fused-ring (bicyclic) bond motifs is 3. The minimum atomic E-state index is 1.03. The summed E-state index contributed by atoms with van der Waals surface area (Å²) in [6, 6.07) is 15.1. The molecule has 0 aliphatic heterocycles. The first-order valence-electron chi connectivity index (χ1n) is 6.73. The van der Waals surface area contributed by atoms with Crippen LogP contribution in [-0.2, 0) is 0 Å². The summed E-state index contributed by atoms with van der Waals surface area (Å²) in [5.74, 6) is 0. The molecule has 0 fully saturated rings. The van der Waals surface area contributed by atoms with Crippen LogP contribution in [0.25, 0.3) is 27.5 Å². The maximum atomic E-state index is 3.21. The second-order valence-electron chi connectivity index (χ2n) is 5.05. The Kier molecular flexibility index (Phi) is 2.31. The van der Waals surface area contributed by atoms with Crippen LogP contribution in [0.2, 0.25) is 0 Å². The average molecular weight is 255 g/mol. The maximum Gasteiger partial charge on any atom is 0.0973 e. The summed E-state index contributed by atoms with van der Waals surface area (Å²) in [6.45, 7) is 2.13. The lowest BCUT2D eigenvalue weighted by molar-refractivity contribution is 1.24. The van der Waals surface area contributed by atoms with Crippen LogP contribution in [0.3, 0.4) is 0 Å². The highest BCUT2D eigenvalue weighted by Crippen LogP contribution is 2.32. The van der Waals surface area contributed by atoms with E-state index in [2.05, 4.69) is 71.5 Å². The molecular weight excluding hydrogens is 242 g/mol. The molecule has 0 amide bonds. The molecule has 94 valence electrons. The first-order chi connectivity index (χ1) is 9.84. The van der Waals surface area contributed by atoms with Crippen LogP contribution in [0.5, 0.6) is 0 Å². The Labute approximate surface area is 117 Å². The second kappa shape index (κ2) is 4.15. The predicted molar refractivity (Wildman–Crippen MR) is 84.6 cm³/mol. The Morgan fingerprint density at radius 2 is 1.80 bits per heavy atom. The first kappa shape index (κ1) is 11.1. The minimum absolute atomic E-state index is 1.03. The lowest BCUT2D eigenvalue weighted by Crippen LogP contribution is -1.93. The number of nitrogens with zero attached hydrogens (tertiary/aromatic N) is 1. The van der Waals surface area contributed by atoms with Crippen molar-refractivity contribution in [3.8, 4) is 0 Å². The molecule has 1 heteroatoms. The van der Waals surface area contributed by atoms with Crippen LogP contribution in [-0.4, -0.2) is 4.57 Å². The van der Waals surface area contributed by atoms with Gasteiger partial charge in [-0.25, -0.2) is 0 Å². The van der Waals surface area contributed by atoms with Crippen molar-refractivity contribution in [3.05, 3.63) is 77.7 Å². The largest absolute Gasteiger partial charge is 0.302 e. The number of aromatic nitrogens is 1. The van der Waals surface area contributed by atoms with Crippen molar-refractivity contribution in [3.63, 3.8) is 0 Å². The normalized spacial score (nSPS) is 13.3. The Morgan fingerprint density at radius 3 is 2.65 bits per heavy atom. The zero-order valence-electron chi connectivity index (χ0n) is 11.2. The van der Waals surface area contributed by atoms with E-state index in [0.29, 0.717) is 0 Å². The molecule has 3 aromatic rings. The zero-order valence-corrected chi connectivity index (χ0v) is 11.2. The highest BCUT2D eigenvalue weighted by atomic mass is 15.0. The van der Waals surface area contributed by atoms with Crippen molar-refractivity contribution in [2.45, 2.75) is 6.92 Å². The van der Waals surface area contributed by atoms with Crippen LogP contribution in [0, 0.1) is 6.92 Å². The van der Waals surface area contributed by atoms with Gasteiger partial charge in [-0.05, 0) is 43.0 Å². The van der Waals surface area contributed by atoms with E-state index in [1.165, 1.54) is 27.4 Å². The van der Waals surface area contributed by atoms with E-state index in [0.717, 1.165) is 5.70 Å². The lowest BCUT2D eigenvalue weighted by Gasteiger charge is -2.06. The molecule has 1 heterocycles. The lowest BCUT2D eigenvalue weighted by atomic mass is 10.1. The van der Waals surface area contributed by atoms with E-state index >= 15 is 0 Å². The molecule has 1 nitrogen and oxygen atoms in total. The van der Waals surface area contributed by atoms with Gasteiger partial charge in [0.1, 0.15) is 0 Å². The van der Waals surface area contributed by atoms with Gasteiger partial charge in [-0.15, -0.1) is 0 Å². The summed E-state index contributed by atoms with van der Waals surface area (Å²) in [4.78, 5) is 0. The molecule has 0 unspecified atom stereocenters. The smallest absolute Gasteiger partial charge is 0.0973 e. The number of hydrogen-bond acceptors (Lipinski definition) is 0. The van der Waals surface area contributed by atoms with E-state index in [1.807, 2.05) is 12.2 Å². The molecule has 0 saturated heterocycles. The molecule has 0 saturated carbocycles. The molecule has 4 rings (SSSR count). The van der Waals surface area contributed by atoms with Gasteiger partial charge in [-0.3, -0.25) is 0 Å². The Morgan fingerprint density at radius 1 is 0.950 bits per heavy atom. The van der Waals surface area contributed by atoms with Crippen molar-refractivity contribution in [2.24, 2.45) is 0 Å². The summed E-state index contributed by atoms with van der Waals surface area (Å²) in [5, 5.41) is 2.57. The van der Waals surface area contributed by atoms with E-state index in [4.69, 9.17) is 0 Å². The Balaban J connectivity index is 2.25. The zero-order chi connectivity index (χ0) is 13.5. The van der Waals surface area contributed by atoms with E-state index in [9.17, 15) is 0 Å². The van der Waals surface area contributed by atoms with Gasteiger partial charge < -0.3 is 4.57 Å². The van der Waals surface area contributed by atoms with Crippen molar-refractivity contribution in [2.75, 3.05) is 0 Å². The van der Waals surface area contributed by atoms with Gasteiger partial charge in [0.25, 0.3) is 0 Å². The first-order valence-corrected chi connectivity index (χ1v) is 6.73. The summed E-state index contributed by atoms with van der Waals surface area (Å²) < 4.78 is 2.25. The molecule has 1 aliphatic rings. The molecule has 0 N–H and O–H groups in total. The topological polar surface area (TPSA) is 4.93 Å². The third kappa shape index (κ3) is 1.52. The quantitative estimate of drug-likeness (QED) is 0.549. The monoisotopic (exact) mass is 255 g/mol. The fraction of sp³-hybridized carbons (Fsp3) is 0.0526. The van der Waals surface area contributed by atoms with Crippen LogP contribution in [0.15, 0.2) is 72.2 Å². The molecule has 0 atom stereocenters. The van der Waals surface area contributed by atoms with Crippen molar-refractivity contribution in [1.82, 2.24) is 4.57 Å². The third-order valence-corrected chi connectivity index (χ3v) is 3.70. The van der Waals surface area contributed by atoms with Gasteiger partial charge in [0, 0.05) is 10.8 Å². The molecule has 0 bridgehead atoms. The van der Waals surface area contributed by atoms with Gasteiger partial charge >= 0.3 is 0 Å². The van der Waals surface area contributed by atoms with Gasteiger partial charge in [0.2, 0.25) is 0 Å². The molecular formula is C19H13N. The molecule has 0 spiro atoms. The number of aryl methyl sites for hydroxylation is 1. The summed E-state index contributed by atoms with van der Waals surface area (Å²) in [6.07, 6.45) is 5.95. The summed E-state index contributed by atoms with van der Waals surface area (Å²) >= 11 is 0. The van der Waals surface area contributed by atoms with E-state index in [1.54, 1.807) is 0 Å². The summed E-state index contributed by atoms with van der Waals surface area (Å²) in [7, 11) is 0. The van der Waals surface area contributed by atoms with Gasteiger partial charge in [-0.1, -0.05) is 41.6 Å². The van der Waals surface area contributed by atoms with Crippen LogP contribution in [0.1, 0.15) is 5.56 Å². The average Bonchev–Trinajstić information content (AvgIpc) is 2.82. The molecule has 1 aromatic heterocycles. The fourth-order valence-corrected chi connectivity index (χ4v) is 2.82. The third-order valence-electron chi connectivity index (χ3n) is 3.70. The highest BCUT2D eigenvalue weighted by Gasteiger charge is 2.12. The number of benzene rings is 2. The van der Waals surface area contributed by atoms with E-state index in [-0.39, 0.29) is 0 Å². The maximum absolute atomic E-state index is 3.21. The van der Waals surface area contributed by atoms with Gasteiger partial charge in [-0.2, -0.15) is 0 Å². The van der Waals surface area contributed by atoms with Crippen LogP contribution < -0.4 is 0 Å². The standard InChI is InChI=1S/C19H13N/c1-14-11-12-19-17(13-14)16-9-5-6-10-18(16)20(19)15-7-3-2-4-8-15/h2-3,5-7,9-13H,1H3. The SMILES string of the molecule is Cc1ccc2c(c1)c1ccccc1n2C1=C=C=CC=C1. The second-order valence-corrected chi connectivity index (χ2v) is 5.05. The Bertz CT molecular complexity index is 970. The fourth-order valence-electron chi connectivity index (χ4n) is 2.82. The highest BCUT2D eigenvalue weighted by molar-refractivity contribution is 6.10. The van der Waals surface area contributed by atoms with Crippen LogP contribution in [0.4, 0.5) is 0 Å². The van der Waals surface area contributed by atoms with Gasteiger partial charge in [0.05, 0.1) is 16.7 Å². The van der Waals surface area contributed by atoms with Crippen LogP contribution >= 0.6 is 0 Å². The number of rotatable bonds is 1. The Hall–Kier alpha value is -2.72. The number of para-hydroxylation sites is 1. The van der Waals surface area contributed by atoms with Crippen molar-refractivity contribution >= 4 is 27.5 Å². The molecule has 0 radical (unpaired) electrons. The number of hydrogen-bond donors (Lipinski definition) is 0. The molecule has 20 heavy (non-hydrogen) atoms. The molecule has 1 aliphatic carbocycles.